The zero-order valence-corrected chi connectivity index (χ0v) is 12.4. The van der Waals surface area contributed by atoms with Crippen molar-refractivity contribution in [3.05, 3.63) is 46.8 Å². The van der Waals surface area contributed by atoms with Gasteiger partial charge < -0.3 is 15.1 Å². The standard InChI is InChI=1S/C14H13BrN2O3/c1-2-12(18)16-9-3-5-10(6-4-9)17-14(19)11-7-8-20-13(11)15/h3-8H,2H2,1H3,(H,16,18)(H,17,19). The number of rotatable bonds is 4. The smallest absolute Gasteiger partial charge is 0.260 e. The number of hydrogen-bond donors (Lipinski definition) is 2. The summed E-state index contributed by atoms with van der Waals surface area (Å²) in [6, 6.07) is 8.48. The molecule has 5 nitrogen and oxygen atoms in total. The Kier molecular flexibility index (Phi) is 4.57. The zero-order chi connectivity index (χ0) is 14.5. The fraction of sp³-hybridized carbons (Fsp3) is 0.143. The van der Waals surface area contributed by atoms with E-state index in [0.717, 1.165) is 0 Å². The third-order valence-electron chi connectivity index (χ3n) is 2.61. The molecule has 1 aromatic heterocycles. The first kappa shape index (κ1) is 14.3. The Morgan fingerprint density at radius 2 is 1.70 bits per heavy atom. The van der Waals surface area contributed by atoms with E-state index in [1.807, 2.05) is 0 Å². The average Bonchev–Trinajstić information content (AvgIpc) is 2.87. The first-order chi connectivity index (χ1) is 9.60. The van der Waals surface area contributed by atoms with Gasteiger partial charge in [-0.15, -0.1) is 0 Å². The lowest BCUT2D eigenvalue weighted by Gasteiger charge is -2.06. The lowest BCUT2D eigenvalue weighted by molar-refractivity contribution is -0.115. The van der Waals surface area contributed by atoms with Crippen molar-refractivity contribution in [2.45, 2.75) is 13.3 Å². The Balaban J connectivity index is 2.02. The highest BCUT2D eigenvalue weighted by atomic mass is 79.9. The van der Waals surface area contributed by atoms with Gasteiger partial charge >= 0.3 is 0 Å². The van der Waals surface area contributed by atoms with E-state index < -0.39 is 0 Å². The van der Waals surface area contributed by atoms with Gasteiger partial charge in [0.05, 0.1) is 11.8 Å². The van der Waals surface area contributed by atoms with Gasteiger partial charge in [-0.3, -0.25) is 9.59 Å². The van der Waals surface area contributed by atoms with Crippen molar-refractivity contribution < 1.29 is 14.0 Å². The van der Waals surface area contributed by atoms with Crippen LogP contribution in [-0.4, -0.2) is 11.8 Å². The second-order valence-corrected chi connectivity index (χ2v) is 4.76. The molecule has 0 aliphatic carbocycles. The first-order valence-electron chi connectivity index (χ1n) is 6.04. The lowest BCUT2D eigenvalue weighted by atomic mass is 10.2. The number of anilines is 2. The van der Waals surface area contributed by atoms with Crippen LogP contribution in [0.1, 0.15) is 23.7 Å². The lowest BCUT2D eigenvalue weighted by Crippen LogP contribution is -2.12. The average molecular weight is 337 g/mol. The van der Waals surface area contributed by atoms with E-state index in [2.05, 4.69) is 26.6 Å². The van der Waals surface area contributed by atoms with Gasteiger partial charge in [-0.25, -0.2) is 0 Å². The predicted octanol–water partition coefficient (Wildman–Crippen LogP) is 3.64. The quantitative estimate of drug-likeness (QED) is 0.895. The Bertz CT molecular complexity index is 620. The Hall–Kier alpha value is -2.08. The van der Waals surface area contributed by atoms with E-state index in [4.69, 9.17) is 4.42 Å². The summed E-state index contributed by atoms with van der Waals surface area (Å²) < 4.78 is 5.40. The van der Waals surface area contributed by atoms with Gasteiger partial charge in [0.2, 0.25) is 5.91 Å². The number of carbonyl (C=O) groups is 2. The molecule has 0 aliphatic rings. The van der Waals surface area contributed by atoms with Crippen molar-refractivity contribution in [2.75, 3.05) is 10.6 Å². The summed E-state index contributed by atoms with van der Waals surface area (Å²) in [5.41, 5.74) is 1.75. The fourth-order valence-corrected chi connectivity index (χ4v) is 1.96. The molecule has 6 heteroatoms. The van der Waals surface area contributed by atoms with Crippen LogP contribution < -0.4 is 10.6 Å². The van der Waals surface area contributed by atoms with Crippen molar-refractivity contribution in [2.24, 2.45) is 0 Å². The van der Waals surface area contributed by atoms with Gasteiger partial charge in [0, 0.05) is 17.8 Å². The van der Waals surface area contributed by atoms with Gasteiger partial charge in [-0.2, -0.15) is 0 Å². The van der Waals surface area contributed by atoms with Gasteiger partial charge in [0.15, 0.2) is 4.67 Å². The monoisotopic (exact) mass is 336 g/mol. The van der Waals surface area contributed by atoms with E-state index >= 15 is 0 Å². The van der Waals surface area contributed by atoms with Crippen molar-refractivity contribution in [3.63, 3.8) is 0 Å². The Morgan fingerprint density at radius 1 is 1.10 bits per heavy atom. The molecule has 0 spiro atoms. The number of furan rings is 1. The number of nitrogens with one attached hydrogen (secondary N) is 2. The van der Waals surface area contributed by atoms with E-state index in [-0.39, 0.29) is 11.8 Å². The zero-order valence-electron chi connectivity index (χ0n) is 10.8. The molecule has 0 saturated heterocycles. The molecular formula is C14H13BrN2O3. The van der Waals surface area contributed by atoms with Crippen LogP contribution in [0.4, 0.5) is 11.4 Å². The van der Waals surface area contributed by atoms with Crippen LogP contribution in [-0.2, 0) is 4.79 Å². The van der Waals surface area contributed by atoms with E-state index in [0.29, 0.717) is 28.0 Å². The second kappa shape index (κ2) is 6.38. The molecule has 1 aromatic carbocycles. The minimum Gasteiger partial charge on any atom is -0.457 e. The van der Waals surface area contributed by atoms with Crippen LogP contribution in [0.25, 0.3) is 0 Å². The number of halogens is 1. The molecule has 104 valence electrons. The Morgan fingerprint density at radius 3 is 2.20 bits per heavy atom. The van der Waals surface area contributed by atoms with Crippen molar-refractivity contribution in [3.8, 4) is 0 Å². The summed E-state index contributed by atoms with van der Waals surface area (Å²) >= 11 is 3.15. The summed E-state index contributed by atoms with van der Waals surface area (Å²) in [5, 5.41) is 5.47. The van der Waals surface area contributed by atoms with Crippen LogP contribution in [0.5, 0.6) is 0 Å². The fourth-order valence-electron chi connectivity index (χ4n) is 1.54. The summed E-state index contributed by atoms with van der Waals surface area (Å²) in [4.78, 5) is 23.2. The minimum absolute atomic E-state index is 0.0517. The summed E-state index contributed by atoms with van der Waals surface area (Å²) in [7, 11) is 0. The van der Waals surface area contributed by atoms with Crippen LogP contribution in [0.3, 0.4) is 0 Å². The maximum atomic E-state index is 11.9. The highest BCUT2D eigenvalue weighted by Gasteiger charge is 2.12. The van der Waals surface area contributed by atoms with Gasteiger partial charge in [0.25, 0.3) is 5.91 Å². The summed E-state index contributed by atoms with van der Waals surface area (Å²) in [5.74, 6) is -0.319. The van der Waals surface area contributed by atoms with Crippen LogP contribution in [0.2, 0.25) is 0 Å². The first-order valence-corrected chi connectivity index (χ1v) is 6.83. The topological polar surface area (TPSA) is 71.3 Å². The number of amides is 2. The number of hydrogen-bond acceptors (Lipinski definition) is 3. The third-order valence-corrected chi connectivity index (χ3v) is 3.22. The van der Waals surface area contributed by atoms with Gasteiger partial charge in [-0.05, 0) is 46.3 Å². The summed E-state index contributed by atoms with van der Waals surface area (Å²) in [6.45, 7) is 1.78. The second-order valence-electron chi connectivity index (χ2n) is 4.04. The van der Waals surface area contributed by atoms with Gasteiger partial charge in [0.1, 0.15) is 0 Å². The van der Waals surface area contributed by atoms with Crippen LogP contribution in [0.15, 0.2) is 45.7 Å². The molecule has 0 saturated carbocycles. The van der Waals surface area contributed by atoms with E-state index in [1.165, 1.54) is 6.26 Å². The molecule has 0 unspecified atom stereocenters. The molecule has 2 rings (SSSR count). The van der Waals surface area contributed by atoms with Crippen LogP contribution >= 0.6 is 15.9 Å². The van der Waals surface area contributed by atoms with Crippen molar-refractivity contribution in [1.29, 1.82) is 0 Å². The largest absolute Gasteiger partial charge is 0.457 e. The highest BCUT2D eigenvalue weighted by molar-refractivity contribution is 9.10. The van der Waals surface area contributed by atoms with Gasteiger partial charge in [-0.1, -0.05) is 6.92 Å². The van der Waals surface area contributed by atoms with Crippen LogP contribution in [0, 0.1) is 0 Å². The molecule has 20 heavy (non-hydrogen) atoms. The molecule has 1 heterocycles. The third kappa shape index (κ3) is 3.48. The van der Waals surface area contributed by atoms with Crippen molar-refractivity contribution >= 4 is 39.1 Å². The molecular weight excluding hydrogens is 324 g/mol. The maximum Gasteiger partial charge on any atom is 0.260 e. The molecule has 0 radical (unpaired) electrons. The highest BCUT2D eigenvalue weighted by Crippen LogP contribution is 2.20. The predicted molar refractivity (Wildman–Crippen MR) is 79.7 cm³/mol. The molecule has 0 aliphatic heterocycles. The van der Waals surface area contributed by atoms with E-state index in [1.54, 1.807) is 37.3 Å². The minimum atomic E-state index is -0.268. The van der Waals surface area contributed by atoms with E-state index in [9.17, 15) is 9.59 Å². The van der Waals surface area contributed by atoms with Crippen molar-refractivity contribution in [1.82, 2.24) is 0 Å². The normalized spacial score (nSPS) is 10.1. The Labute approximate surface area is 124 Å². The molecule has 0 atom stereocenters. The number of benzene rings is 1. The molecule has 0 bridgehead atoms. The summed E-state index contributed by atoms with van der Waals surface area (Å²) in [6.07, 6.45) is 1.86. The molecule has 2 N–H and O–H groups in total. The molecule has 2 amide bonds. The SMILES string of the molecule is CCC(=O)Nc1ccc(NC(=O)c2ccoc2Br)cc1. The maximum absolute atomic E-state index is 11.9. The molecule has 0 fully saturated rings. The molecule has 2 aromatic rings. The number of carbonyl (C=O) groups excluding carboxylic acids is 2.